The number of carbonyl (C=O) groups is 1. The molecule has 0 unspecified atom stereocenters. The summed E-state index contributed by atoms with van der Waals surface area (Å²) in [7, 11) is 0. The fourth-order valence-corrected chi connectivity index (χ4v) is 3.37. The number of carbonyl (C=O) groups excluding carboxylic acids is 1. The molecule has 0 spiro atoms. The van der Waals surface area contributed by atoms with Crippen molar-refractivity contribution < 1.29 is 13.9 Å². The molecule has 2 aromatic rings. The minimum atomic E-state index is -0.407. The number of aryl methyl sites for hydroxylation is 1. The summed E-state index contributed by atoms with van der Waals surface area (Å²) in [5.41, 5.74) is 4.47. The maximum atomic E-state index is 11.9. The topological polar surface area (TPSA) is 80.9 Å². The van der Waals surface area contributed by atoms with Gasteiger partial charge in [0.1, 0.15) is 11.3 Å². The van der Waals surface area contributed by atoms with Gasteiger partial charge in [0.25, 0.3) is 5.91 Å². The number of ether oxygens (including phenoxy) is 1. The van der Waals surface area contributed by atoms with Gasteiger partial charge in [0.15, 0.2) is 6.61 Å². The fraction of sp³-hybridized carbons (Fsp3) is 0.316. The smallest absolute Gasteiger partial charge is 0.336 e. The summed E-state index contributed by atoms with van der Waals surface area (Å²) >= 11 is 0. The molecule has 1 N–H and O–H groups in total. The number of nitrogens with one attached hydrogen (secondary N) is 1. The van der Waals surface area contributed by atoms with E-state index < -0.39 is 5.63 Å². The second kappa shape index (κ2) is 6.20. The van der Waals surface area contributed by atoms with Crippen molar-refractivity contribution in [1.29, 1.82) is 0 Å². The monoisotopic (exact) mass is 338 g/mol. The summed E-state index contributed by atoms with van der Waals surface area (Å²) in [5, 5.41) is 5.04. The van der Waals surface area contributed by atoms with Crippen LogP contribution in [-0.2, 0) is 4.79 Å². The number of allylic oxidation sites excluding steroid dienone is 2. The lowest BCUT2D eigenvalue weighted by Crippen LogP contribution is -2.36. The van der Waals surface area contributed by atoms with Crippen LogP contribution in [0.5, 0.6) is 5.75 Å². The van der Waals surface area contributed by atoms with Crippen LogP contribution in [-0.4, -0.2) is 18.2 Å². The van der Waals surface area contributed by atoms with Crippen LogP contribution in [0.2, 0.25) is 0 Å². The molecule has 1 fully saturated rings. The minimum absolute atomic E-state index is 0.148. The summed E-state index contributed by atoms with van der Waals surface area (Å²) in [6, 6.07) is 6.61. The minimum Gasteiger partial charge on any atom is -0.484 e. The first kappa shape index (κ1) is 15.6. The zero-order valence-electron chi connectivity index (χ0n) is 13.8. The molecule has 0 aliphatic heterocycles. The Kier molecular flexibility index (Phi) is 3.87. The first-order valence-corrected chi connectivity index (χ1v) is 8.29. The van der Waals surface area contributed by atoms with Crippen LogP contribution in [0.15, 0.2) is 50.7 Å². The second-order valence-electron chi connectivity index (χ2n) is 6.47. The Morgan fingerprint density at radius 2 is 2.28 bits per heavy atom. The van der Waals surface area contributed by atoms with Crippen molar-refractivity contribution in [3.63, 3.8) is 0 Å². The summed E-state index contributed by atoms with van der Waals surface area (Å²) in [5.74, 6) is 1.22. The highest BCUT2D eigenvalue weighted by molar-refractivity contribution is 5.95. The van der Waals surface area contributed by atoms with Gasteiger partial charge in [0, 0.05) is 29.1 Å². The normalized spacial score (nSPS) is 22.7. The number of benzene rings is 1. The molecule has 0 radical (unpaired) electrons. The zero-order valence-corrected chi connectivity index (χ0v) is 13.8. The van der Waals surface area contributed by atoms with Crippen LogP contribution in [0.4, 0.5) is 0 Å². The van der Waals surface area contributed by atoms with Gasteiger partial charge in [0.05, 0.1) is 0 Å². The van der Waals surface area contributed by atoms with E-state index >= 15 is 0 Å². The van der Waals surface area contributed by atoms with E-state index in [4.69, 9.17) is 9.15 Å². The number of rotatable bonds is 4. The van der Waals surface area contributed by atoms with Crippen molar-refractivity contribution in [2.45, 2.75) is 19.8 Å². The van der Waals surface area contributed by atoms with E-state index in [1.807, 2.05) is 13.0 Å². The molecule has 0 saturated heterocycles. The lowest BCUT2D eigenvalue weighted by atomic mass is 9.74. The van der Waals surface area contributed by atoms with Gasteiger partial charge in [-0.25, -0.2) is 10.2 Å². The molecule has 2 aliphatic carbocycles. The van der Waals surface area contributed by atoms with Crippen molar-refractivity contribution in [2.24, 2.45) is 16.9 Å². The van der Waals surface area contributed by atoms with Gasteiger partial charge < -0.3 is 9.15 Å². The zero-order chi connectivity index (χ0) is 17.4. The Bertz CT molecular complexity index is 958. The van der Waals surface area contributed by atoms with Crippen molar-refractivity contribution in [3.05, 3.63) is 52.4 Å². The molecule has 1 aromatic heterocycles. The Morgan fingerprint density at radius 3 is 3.12 bits per heavy atom. The van der Waals surface area contributed by atoms with Gasteiger partial charge in [-0.3, -0.25) is 4.79 Å². The molecular weight excluding hydrogens is 320 g/mol. The largest absolute Gasteiger partial charge is 0.484 e. The Balaban J connectivity index is 1.36. The predicted molar refractivity (Wildman–Crippen MR) is 93.6 cm³/mol. The van der Waals surface area contributed by atoms with Crippen molar-refractivity contribution in [2.75, 3.05) is 6.61 Å². The quantitative estimate of drug-likeness (QED) is 0.528. The molecule has 1 aromatic carbocycles. The number of hydrogen-bond donors (Lipinski definition) is 1. The Hall–Kier alpha value is -2.89. The van der Waals surface area contributed by atoms with Crippen molar-refractivity contribution in [3.8, 4) is 5.75 Å². The fourth-order valence-electron chi connectivity index (χ4n) is 3.37. The average molecular weight is 338 g/mol. The highest BCUT2D eigenvalue weighted by atomic mass is 16.5. The molecule has 0 bridgehead atoms. The van der Waals surface area contributed by atoms with Gasteiger partial charge in [0.2, 0.25) is 0 Å². The summed E-state index contributed by atoms with van der Waals surface area (Å²) in [6.45, 7) is 1.70. The summed E-state index contributed by atoms with van der Waals surface area (Å²) in [6.07, 6.45) is 6.32. The number of fused-ring (bicyclic) bond motifs is 2. The maximum absolute atomic E-state index is 11.9. The van der Waals surface area contributed by atoms with E-state index in [-0.39, 0.29) is 12.5 Å². The lowest BCUT2D eigenvalue weighted by Gasteiger charge is -2.31. The van der Waals surface area contributed by atoms with Crippen LogP contribution < -0.4 is 15.8 Å². The van der Waals surface area contributed by atoms with E-state index in [1.54, 1.807) is 12.1 Å². The second-order valence-corrected chi connectivity index (χ2v) is 6.47. The van der Waals surface area contributed by atoms with Gasteiger partial charge in [-0.2, -0.15) is 5.10 Å². The number of amides is 1. The molecule has 2 aliphatic rings. The van der Waals surface area contributed by atoms with Crippen molar-refractivity contribution in [1.82, 2.24) is 5.43 Å². The third-order valence-corrected chi connectivity index (χ3v) is 4.78. The third kappa shape index (κ3) is 3.07. The van der Waals surface area contributed by atoms with Crippen LogP contribution in [0.25, 0.3) is 11.0 Å². The SMILES string of the molecule is Cc1cc(=O)oc2cc(OCC(=O)N/N=C3/C[C@H]4C=CC[C@@H]34)ccc12. The van der Waals surface area contributed by atoms with Crippen LogP contribution in [0, 0.1) is 18.8 Å². The molecule has 1 saturated carbocycles. The standard InChI is InChI=1S/C19H18N2O4/c1-11-7-19(23)25-17-9-13(5-6-14(11)17)24-10-18(22)21-20-16-8-12-3-2-4-15(12)16/h2-3,5-7,9,12,15H,4,8,10H2,1H3,(H,21,22)/b20-16-/t12-,15-/m1/s1. The van der Waals surface area contributed by atoms with Gasteiger partial charge >= 0.3 is 5.63 Å². The van der Waals surface area contributed by atoms with E-state index in [0.29, 0.717) is 23.2 Å². The highest BCUT2D eigenvalue weighted by Crippen LogP contribution is 2.40. The van der Waals surface area contributed by atoms with Crippen LogP contribution in [0.1, 0.15) is 18.4 Å². The lowest BCUT2D eigenvalue weighted by molar-refractivity contribution is -0.123. The predicted octanol–water partition coefficient (Wildman–Crippen LogP) is 2.55. The molecule has 1 amide bonds. The number of hydrazone groups is 1. The maximum Gasteiger partial charge on any atom is 0.336 e. The number of hydrogen-bond acceptors (Lipinski definition) is 5. The highest BCUT2D eigenvalue weighted by Gasteiger charge is 2.37. The van der Waals surface area contributed by atoms with E-state index in [9.17, 15) is 9.59 Å². The Labute approximate surface area is 144 Å². The van der Waals surface area contributed by atoms with Gasteiger partial charge in [-0.1, -0.05) is 12.2 Å². The van der Waals surface area contributed by atoms with Crippen LogP contribution in [0.3, 0.4) is 0 Å². The number of nitrogens with zero attached hydrogens (tertiary/aromatic N) is 1. The molecule has 4 rings (SSSR count). The summed E-state index contributed by atoms with van der Waals surface area (Å²) in [4.78, 5) is 23.3. The molecule has 128 valence electrons. The first-order valence-electron chi connectivity index (χ1n) is 8.29. The average Bonchev–Trinajstić information content (AvgIpc) is 2.93. The molecule has 6 heteroatoms. The molecular formula is C19H18N2O4. The Morgan fingerprint density at radius 1 is 1.40 bits per heavy atom. The van der Waals surface area contributed by atoms with E-state index in [2.05, 4.69) is 22.7 Å². The first-order chi connectivity index (χ1) is 12.1. The van der Waals surface area contributed by atoms with Crippen molar-refractivity contribution >= 4 is 22.6 Å². The van der Waals surface area contributed by atoms with E-state index in [1.165, 1.54) is 6.07 Å². The van der Waals surface area contributed by atoms with E-state index in [0.717, 1.165) is 29.5 Å². The van der Waals surface area contributed by atoms with Crippen LogP contribution >= 0.6 is 0 Å². The molecule has 6 nitrogen and oxygen atoms in total. The van der Waals surface area contributed by atoms with Gasteiger partial charge in [-0.05, 0) is 43.4 Å². The molecule has 25 heavy (non-hydrogen) atoms. The molecule has 2 atom stereocenters. The summed E-state index contributed by atoms with van der Waals surface area (Å²) < 4.78 is 10.6. The third-order valence-electron chi connectivity index (χ3n) is 4.78. The molecule has 1 heterocycles. The van der Waals surface area contributed by atoms with Gasteiger partial charge in [-0.15, -0.1) is 0 Å².